The van der Waals surface area contributed by atoms with E-state index in [2.05, 4.69) is 15.4 Å². The van der Waals surface area contributed by atoms with Crippen LogP contribution in [0.2, 0.25) is 0 Å². The summed E-state index contributed by atoms with van der Waals surface area (Å²) in [7, 11) is -0.808. The molecule has 0 saturated carbocycles. The maximum atomic E-state index is 12.9. The number of carbonyl (C=O) groups is 2. The lowest BCUT2D eigenvalue weighted by Crippen LogP contribution is -2.44. The molecule has 0 aromatic heterocycles. The van der Waals surface area contributed by atoms with E-state index in [0.717, 1.165) is 5.56 Å². The minimum Gasteiger partial charge on any atom is -0.493 e. The van der Waals surface area contributed by atoms with Gasteiger partial charge in [0, 0.05) is 18.3 Å². The lowest BCUT2D eigenvalue weighted by molar-refractivity contribution is -0.118. The molecule has 0 saturated heterocycles. The number of benzene rings is 2. The van der Waals surface area contributed by atoms with Gasteiger partial charge in [0.05, 0.1) is 14.2 Å². The Morgan fingerprint density at radius 2 is 1.71 bits per heavy atom. The molecule has 2 amide bonds. The van der Waals surface area contributed by atoms with E-state index in [4.69, 9.17) is 19.3 Å². The molecule has 12 heteroatoms. The van der Waals surface area contributed by atoms with E-state index in [-0.39, 0.29) is 19.6 Å². The first-order chi connectivity index (χ1) is 16.2. The third kappa shape index (κ3) is 9.65. The highest BCUT2D eigenvalue weighted by Crippen LogP contribution is 2.29. The van der Waals surface area contributed by atoms with Crippen LogP contribution in [-0.2, 0) is 26.3 Å². The molecule has 0 aliphatic heterocycles. The van der Waals surface area contributed by atoms with Crippen molar-refractivity contribution in [1.29, 1.82) is 0 Å². The van der Waals surface area contributed by atoms with Crippen molar-refractivity contribution in [3.8, 4) is 11.5 Å². The minimum absolute atomic E-state index is 0.0506. The fraction of sp³-hybridized carbons (Fsp3) is 0.364. The van der Waals surface area contributed by atoms with E-state index in [1.807, 2.05) is 30.3 Å². The van der Waals surface area contributed by atoms with Crippen LogP contribution in [0.5, 0.6) is 11.5 Å². The van der Waals surface area contributed by atoms with Crippen LogP contribution in [0, 0.1) is 0 Å². The van der Waals surface area contributed by atoms with Crippen molar-refractivity contribution < 1.29 is 32.2 Å². The van der Waals surface area contributed by atoms with Crippen molar-refractivity contribution in [2.75, 3.05) is 26.1 Å². The third-order valence-corrected chi connectivity index (χ3v) is 5.30. The highest BCUT2D eigenvalue weighted by molar-refractivity contribution is 7.87. The van der Waals surface area contributed by atoms with Gasteiger partial charge in [-0.3, -0.25) is 4.79 Å². The summed E-state index contributed by atoms with van der Waals surface area (Å²) in [4.78, 5) is 25.2. The van der Waals surface area contributed by atoms with Gasteiger partial charge in [0.25, 0.3) is 10.2 Å². The van der Waals surface area contributed by atoms with Crippen LogP contribution >= 0.6 is 0 Å². The van der Waals surface area contributed by atoms with Gasteiger partial charge >= 0.3 is 6.09 Å². The zero-order chi connectivity index (χ0) is 25.0. The third-order valence-electron chi connectivity index (χ3n) is 4.70. The van der Waals surface area contributed by atoms with Gasteiger partial charge < -0.3 is 24.8 Å². The van der Waals surface area contributed by atoms with Crippen molar-refractivity contribution in [2.45, 2.75) is 31.9 Å². The largest absolute Gasteiger partial charge is 0.493 e. The Hall–Kier alpha value is -3.35. The molecule has 2 rings (SSSR count). The fourth-order valence-electron chi connectivity index (χ4n) is 3.01. The average molecular weight is 495 g/mol. The number of nitrogens with two attached hydrogens (primary N) is 1. The molecule has 0 heterocycles. The Labute approximate surface area is 199 Å². The van der Waals surface area contributed by atoms with Crippen LogP contribution in [0.25, 0.3) is 0 Å². The standard InChI is InChI=1S/C22H30N4O7S/c1-31-19-12-11-17(14-20(19)32-2)25-21(27)18(10-6-7-13-24-34(23,29)30)26-22(28)33-15-16-8-4-3-5-9-16/h3-5,8-9,11-12,14,18,24H,6-7,10,13,15H2,1-2H3,(H,25,27)(H,26,28)(H2,23,29,30)/t18-/m1/s1. The lowest BCUT2D eigenvalue weighted by atomic mass is 10.1. The van der Waals surface area contributed by atoms with Crippen LogP contribution in [-0.4, -0.2) is 47.2 Å². The molecule has 0 aliphatic rings. The number of unbranched alkanes of at least 4 members (excludes halogenated alkanes) is 1. The maximum Gasteiger partial charge on any atom is 0.408 e. The van der Waals surface area contributed by atoms with Gasteiger partial charge in [-0.1, -0.05) is 30.3 Å². The molecular formula is C22H30N4O7S. The van der Waals surface area contributed by atoms with Crippen LogP contribution in [0.3, 0.4) is 0 Å². The molecule has 2 aromatic rings. The van der Waals surface area contributed by atoms with E-state index in [1.54, 1.807) is 18.2 Å². The smallest absolute Gasteiger partial charge is 0.408 e. The van der Waals surface area contributed by atoms with Crippen molar-refractivity contribution in [2.24, 2.45) is 5.14 Å². The molecule has 11 nitrogen and oxygen atoms in total. The second-order valence-corrected chi connectivity index (χ2v) is 8.63. The van der Waals surface area contributed by atoms with Gasteiger partial charge in [0.1, 0.15) is 12.6 Å². The van der Waals surface area contributed by atoms with Gasteiger partial charge in [-0.15, -0.1) is 0 Å². The predicted molar refractivity (Wildman–Crippen MR) is 127 cm³/mol. The second kappa shape index (κ2) is 13.4. The zero-order valence-electron chi connectivity index (χ0n) is 19.1. The minimum atomic E-state index is -3.79. The summed E-state index contributed by atoms with van der Waals surface area (Å²) in [5.41, 5.74) is 1.25. The number of alkyl carbamates (subject to hydrolysis) is 1. The summed E-state index contributed by atoms with van der Waals surface area (Å²) in [5.74, 6) is 0.464. The van der Waals surface area contributed by atoms with Crippen LogP contribution in [0.15, 0.2) is 48.5 Å². The summed E-state index contributed by atoms with van der Waals surface area (Å²) < 4.78 is 39.8. The summed E-state index contributed by atoms with van der Waals surface area (Å²) in [5, 5.41) is 10.2. The SMILES string of the molecule is COc1ccc(NC(=O)[C@@H](CCCCNS(N)(=O)=O)NC(=O)OCc2ccccc2)cc1OC. The number of hydrogen-bond acceptors (Lipinski definition) is 7. The van der Waals surface area contributed by atoms with Crippen molar-refractivity contribution >= 4 is 27.9 Å². The number of hydrogen-bond donors (Lipinski definition) is 4. The Morgan fingerprint density at radius 1 is 1.00 bits per heavy atom. The maximum absolute atomic E-state index is 12.9. The van der Waals surface area contributed by atoms with Crippen LogP contribution in [0.4, 0.5) is 10.5 Å². The van der Waals surface area contributed by atoms with Crippen molar-refractivity contribution in [3.63, 3.8) is 0 Å². The highest BCUT2D eigenvalue weighted by Gasteiger charge is 2.22. The molecule has 1 atom stereocenters. The normalized spacial score (nSPS) is 11.9. The Balaban J connectivity index is 2.00. The number of amides is 2. The van der Waals surface area contributed by atoms with Gasteiger partial charge in [-0.05, 0) is 37.0 Å². The first kappa shape index (κ1) is 26.9. The van der Waals surface area contributed by atoms with Crippen molar-refractivity contribution in [1.82, 2.24) is 10.0 Å². The molecule has 2 aromatic carbocycles. The molecule has 0 fully saturated rings. The zero-order valence-corrected chi connectivity index (χ0v) is 19.9. The van der Waals surface area contributed by atoms with Gasteiger partial charge in [0.2, 0.25) is 5.91 Å². The summed E-state index contributed by atoms with van der Waals surface area (Å²) in [6.07, 6.45) is 0.341. The number of ether oxygens (including phenoxy) is 3. The summed E-state index contributed by atoms with van der Waals surface area (Å²) >= 11 is 0. The first-order valence-electron chi connectivity index (χ1n) is 10.5. The molecule has 5 N–H and O–H groups in total. The second-order valence-electron chi connectivity index (χ2n) is 7.25. The molecule has 34 heavy (non-hydrogen) atoms. The molecule has 0 aliphatic carbocycles. The van der Waals surface area contributed by atoms with E-state index >= 15 is 0 Å². The molecule has 0 bridgehead atoms. The molecular weight excluding hydrogens is 464 g/mol. The number of methoxy groups -OCH3 is 2. The van der Waals surface area contributed by atoms with Gasteiger partial charge in [-0.25, -0.2) is 14.7 Å². The molecule has 0 spiro atoms. The average Bonchev–Trinajstić information content (AvgIpc) is 2.81. The highest BCUT2D eigenvalue weighted by atomic mass is 32.2. The molecule has 0 radical (unpaired) electrons. The fourth-order valence-corrected chi connectivity index (χ4v) is 3.44. The van der Waals surface area contributed by atoms with E-state index in [0.29, 0.717) is 30.0 Å². The quantitative estimate of drug-likeness (QED) is 0.310. The first-order valence-corrected chi connectivity index (χ1v) is 12.0. The Morgan fingerprint density at radius 3 is 2.35 bits per heavy atom. The monoisotopic (exact) mass is 494 g/mol. The summed E-state index contributed by atoms with van der Waals surface area (Å²) in [6, 6.07) is 13.1. The Bertz CT molecular complexity index is 1050. The van der Waals surface area contributed by atoms with Crippen molar-refractivity contribution in [3.05, 3.63) is 54.1 Å². The number of carbonyl (C=O) groups excluding carboxylic acids is 2. The number of nitrogens with one attached hydrogen (secondary N) is 3. The predicted octanol–water partition coefficient (Wildman–Crippen LogP) is 1.90. The number of rotatable bonds is 13. The summed E-state index contributed by atoms with van der Waals surface area (Å²) in [6.45, 7) is 0.163. The van der Waals surface area contributed by atoms with E-state index in [1.165, 1.54) is 14.2 Å². The number of anilines is 1. The lowest BCUT2D eigenvalue weighted by Gasteiger charge is -2.19. The van der Waals surface area contributed by atoms with E-state index in [9.17, 15) is 18.0 Å². The molecule has 186 valence electrons. The Kier molecular flexibility index (Phi) is 10.6. The van der Waals surface area contributed by atoms with Crippen LogP contribution in [0.1, 0.15) is 24.8 Å². The van der Waals surface area contributed by atoms with Gasteiger partial charge in [0.15, 0.2) is 11.5 Å². The van der Waals surface area contributed by atoms with Crippen LogP contribution < -0.4 is 30.0 Å². The van der Waals surface area contributed by atoms with E-state index < -0.39 is 28.3 Å². The molecule has 0 unspecified atom stereocenters. The van der Waals surface area contributed by atoms with Gasteiger partial charge in [-0.2, -0.15) is 8.42 Å². The topological polar surface area (TPSA) is 158 Å².